The van der Waals surface area contributed by atoms with E-state index in [1.54, 1.807) is 0 Å². The van der Waals surface area contributed by atoms with Crippen molar-refractivity contribution < 1.29 is 35.1 Å². The highest BCUT2D eigenvalue weighted by Gasteiger charge is 2.23. The summed E-state index contributed by atoms with van der Waals surface area (Å²) in [6.45, 7) is 0. The molecule has 0 unspecified atom stereocenters. The number of hydrogen-bond acceptors (Lipinski definition) is 10. The second-order valence-electron chi connectivity index (χ2n) is 8.28. The van der Waals surface area contributed by atoms with Gasteiger partial charge in [-0.1, -0.05) is 24.3 Å². The second-order valence-corrected chi connectivity index (χ2v) is 13.6. The van der Waals surface area contributed by atoms with Gasteiger partial charge in [0, 0.05) is 24.3 Å². The first-order valence-corrected chi connectivity index (χ1v) is 15.6. The molecule has 17 heteroatoms. The van der Waals surface area contributed by atoms with Gasteiger partial charge >= 0.3 is 0 Å². The van der Waals surface area contributed by atoms with Gasteiger partial charge in [0.15, 0.2) is 0 Å². The zero-order valence-electron chi connectivity index (χ0n) is 20.4. The Morgan fingerprint density at radius 1 is 0.488 bits per heavy atom. The fourth-order valence-electron chi connectivity index (χ4n) is 3.55. The molecule has 0 saturated heterocycles. The van der Waals surface area contributed by atoms with E-state index in [0.29, 0.717) is 0 Å². The molecule has 0 aliphatic rings. The van der Waals surface area contributed by atoms with Crippen LogP contribution >= 0.6 is 0 Å². The number of rotatable bonds is 10. The molecule has 0 heterocycles. The molecular formula is C24H18N4O10S3. The summed E-state index contributed by atoms with van der Waals surface area (Å²) < 4.78 is 82.2. The molecule has 2 N–H and O–H groups in total. The lowest BCUT2D eigenvalue weighted by atomic mass is 10.3. The van der Waals surface area contributed by atoms with E-state index < -0.39 is 60.9 Å². The molecule has 0 amide bonds. The average molecular weight is 619 g/mol. The van der Waals surface area contributed by atoms with Crippen LogP contribution in [0.25, 0.3) is 0 Å². The Morgan fingerprint density at radius 3 is 1.20 bits per heavy atom. The quantitative estimate of drug-likeness (QED) is 0.193. The normalized spacial score (nSPS) is 11.9. The SMILES string of the molecule is O=[N+]([O-])c1cccc(S(=O)(=O)Nc2cccc(S(=O)(=O)c3cccc(NS(=O)(=O)c4cccc([N+](=O)[O-])c4)c3)c2)c1. The van der Waals surface area contributed by atoms with Gasteiger partial charge in [-0.3, -0.25) is 29.7 Å². The van der Waals surface area contributed by atoms with Gasteiger partial charge in [0.2, 0.25) is 9.84 Å². The third-order valence-electron chi connectivity index (χ3n) is 5.47. The number of nitrogens with zero attached hydrogens (tertiary/aromatic N) is 2. The van der Waals surface area contributed by atoms with Crippen LogP contribution in [-0.2, 0) is 29.9 Å². The van der Waals surface area contributed by atoms with E-state index in [9.17, 15) is 45.5 Å². The predicted octanol–water partition coefficient (Wildman–Crippen LogP) is 3.94. The molecule has 0 saturated carbocycles. The number of non-ortho nitro benzene ring substituents is 2. The standard InChI is InChI=1S/C24H18N4O10S3/c29-27(30)19-7-3-11-23(15-19)40(35,36)25-17-5-1-9-21(13-17)39(33,34)22-10-2-6-18(14-22)26-41(37,38)24-12-4-8-20(16-24)28(31)32/h1-16,25-26H. The Kier molecular flexibility index (Phi) is 7.78. The summed E-state index contributed by atoms with van der Waals surface area (Å²) in [4.78, 5) is 19.0. The lowest BCUT2D eigenvalue weighted by Gasteiger charge is -2.12. The molecule has 0 radical (unpaired) electrons. The molecule has 0 aliphatic carbocycles. The van der Waals surface area contributed by atoms with Crippen LogP contribution in [-0.4, -0.2) is 35.1 Å². The Morgan fingerprint density at radius 2 is 0.829 bits per heavy atom. The molecule has 0 aliphatic heterocycles. The highest BCUT2D eigenvalue weighted by molar-refractivity contribution is 7.93. The lowest BCUT2D eigenvalue weighted by Crippen LogP contribution is -2.14. The van der Waals surface area contributed by atoms with Gasteiger partial charge in [0.1, 0.15) is 0 Å². The van der Waals surface area contributed by atoms with Crippen LogP contribution in [0.3, 0.4) is 0 Å². The third-order valence-corrected chi connectivity index (χ3v) is 9.98. The Bertz CT molecular complexity index is 1870. The number of sulfonamides is 2. The molecule has 4 aromatic carbocycles. The summed E-state index contributed by atoms with van der Waals surface area (Å²) in [5.41, 5.74) is -1.21. The minimum absolute atomic E-state index is 0.153. The van der Waals surface area contributed by atoms with Crippen LogP contribution in [0.2, 0.25) is 0 Å². The maximum absolute atomic E-state index is 13.3. The zero-order valence-corrected chi connectivity index (χ0v) is 22.9. The van der Waals surface area contributed by atoms with Crippen molar-refractivity contribution in [2.75, 3.05) is 9.44 Å². The van der Waals surface area contributed by atoms with Crippen LogP contribution in [0.15, 0.2) is 117 Å². The first-order chi connectivity index (χ1) is 19.2. The Hall–Kier alpha value is -4.87. The molecular weight excluding hydrogens is 600 g/mol. The van der Waals surface area contributed by atoms with Gasteiger partial charge in [-0.05, 0) is 48.5 Å². The van der Waals surface area contributed by atoms with Crippen molar-refractivity contribution in [2.24, 2.45) is 0 Å². The van der Waals surface area contributed by atoms with E-state index in [4.69, 9.17) is 0 Å². The number of nitro groups is 2. The summed E-state index contributed by atoms with van der Waals surface area (Å²) in [7, 11) is -13.0. The molecule has 14 nitrogen and oxygen atoms in total. The molecule has 212 valence electrons. The van der Waals surface area contributed by atoms with Crippen molar-refractivity contribution in [3.8, 4) is 0 Å². The van der Waals surface area contributed by atoms with Crippen molar-refractivity contribution in [1.82, 2.24) is 0 Å². The van der Waals surface area contributed by atoms with Crippen molar-refractivity contribution in [2.45, 2.75) is 19.6 Å². The van der Waals surface area contributed by atoms with E-state index in [2.05, 4.69) is 9.44 Å². The predicted molar refractivity (Wildman–Crippen MR) is 146 cm³/mol. The zero-order chi connectivity index (χ0) is 30.0. The molecule has 0 spiro atoms. The summed E-state index contributed by atoms with van der Waals surface area (Å²) in [5, 5.41) is 22.0. The topological polar surface area (TPSA) is 213 Å². The summed E-state index contributed by atoms with van der Waals surface area (Å²) in [6.07, 6.45) is 0. The first kappa shape index (κ1) is 29.1. The van der Waals surface area contributed by atoms with Crippen LogP contribution in [0.4, 0.5) is 22.7 Å². The molecule has 0 fully saturated rings. The molecule has 41 heavy (non-hydrogen) atoms. The number of anilines is 2. The number of nitrogens with one attached hydrogen (secondary N) is 2. The summed E-state index contributed by atoms with van der Waals surface area (Å²) in [5.74, 6) is 0. The maximum atomic E-state index is 13.3. The number of nitro benzene ring substituents is 2. The van der Waals surface area contributed by atoms with Crippen LogP contribution < -0.4 is 9.44 Å². The minimum atomic E-state index is -4.33. The van der Waals surface area contributed by atoms with E-state index in [1.807, 2.05) is 0 Å². The third kappa shape index (κ3) is 6.48. The minimum Gasteiger partial charge on any atom is -0.280 e. The number of hydrogen-bond donors (Lipinski definition) is 2. The highest BCUT2D eigenvalue weighted by Crippen LogP contribution is 2.28. The smallest absolute Gasteiger partial charge is 0.270 e. The van der Waals surface area contributed by atoms with E-state index >= 15 is 0 Å². The Balaban J connectivity index is 1.61. The van der Waals surface area contributed by atoms with Gasteiger partial charge < -0.3 is 0 Å². The average Bonchev–Trinajstić information content (AvgIpc) is 2.93. The van der Waals surface area contributed by atoms with Crippen molar-refractivity contribution in [1.29, 1.82) is 0 Å². The van der Waals surface area contributed by atoms with Crippen LogP contribution in [0, 0.1) is 20.2 Å². The molecule has 4 rings (SSSR count). The molecule has 4 aromatic rings. The Labute approximate surface area is 233 Å². The number of sulfone groups is 1. The largest absolute Gasteiger partial charge is 0.280 e. The van der Waals surface area contributed by atoms with E-state index in [-0.39, 0.29) is 21.2 Å². The van der Waals surface area contributed by atoms with Crippen LogP contribution in [0.1, 0.15) is 0 Å². The first-order valence-electron chi connectivity index (χ1n) is 11.2. The van der Waals surface area contributed by atoms with Gasteiger partial charge in [0.05, 0.1) is 40.8 Å². The molecule has 0 bridgehead atoms. The fraction of sp³-hybridized carbons (Fsp3) is 0. The van der Waals surface area contributed by atoms with E-state index in [1.165, 1.54) is 48.5 Å². The van der Waals surface area contributed by atoms with Crippen LogP contribution in [0.5, 0.6) is 0 Å². The monoisotopic (exact) mass is 618 g/mol. The van der Waals surface area contributed by atoms with E-state index in [0.717, 1.165) is 48.5 Å². The van der Waals surface area contributed by atoms with Crippen molar-refractivity contribution >= 4 is 52.6 Å². The fourth-order valence-corrected chi connectivity index (χ4v) is 7.08. The maximum Gasteiger partial charge on any atom is 0.270 e. The lowest BCUT2D eigenvalue weighted by molar-refractivity contribution is -0.385. The van der Waals surface area contributed by atoms with Gasteiger partial charge in [-0.25, -0.2) is 25.3 Å². The molecule has 0 atom stereocenters. The second kappa shape index (κ2) is 11.0. The van der Waals surface area contributed by atoms with Gasteiger partial charge in [-0.2, -0.15) is 0 Å². The highest BCUT2D eigenvalue weighted by atomic mass is 32.2. The summed E-state index contributed by atoms with van der Waals surface area (Å²) >= 11 is 0. The van der Waals surface area contributed by atoms with Crippen molar-refractivity contribution in [3.05, 3.63) is 117 Å². The number of benzene rings is 4. The van der Waals surface area contributed by atoms with Crippen molar-refractivity contribution in [3.63, 3.8) is 0 Å². The summed E-state index contributed by atoms with van der Waals surface area (Å²) in [6, 6.07) is 18.1. The van der Waals surface area contributed by atoms with Gasteiger partial charge in [-0.15, -0.1) is 0 Å². The molecule has 0 aromatic heterocycles. The van der Waals surface area contributed by atoms with Gasteiger partial charge in [0.25, 0.3) is 31.4 Å².